The smallest absolute Gasteiger partial charge is 0.322 e. The minimum atomic E-state index is -0.713. The van der Waals surface area contributed by atoms with Crippen molar-refractivity contribution in [1.29, 1.82) is 0 Å². The molecule has 1 heterocycles. The van der Waals surface area contributed by atoms with Crippen molar-refractivity contribution in [3.8, 4) is 0 Å². The first-order valence-corrected chi connectivity index (χ1v) is 8.25. The quantitative estimate of drug-likeness (QED) is 0.853. The Bertz CT molecular complexity index is 664. The highest BCUT2D eigenvalue weighted by molar-refractivity contribution is 5.89. The number of aliphatic hydroxyl groups is 1. The zero-order chi connectivity index (χ0) is 17.7. The van der Waals surface area contributed by atoms with Crippen LogP contribution in [0, 0.1) is 6.92 Å². The van der Waals surface area contributed by atoms with E-state index in [1.54, 1.807) is 22.0 Å². The number of urea groups is 1. The number of hydrogen-bond donors (Lipinski definition) is 2. The van der Waals surface area contributed by atoms with Gasteiger partial charge in [0.05, 0.1) is 24.5 Å². The number of rotatable bonds is 6. The second kappa shape index (κ2) is 7.97. The van der Waals surface area contributed by atoms with Gasteiger partial charge in [-0.1, -0.05) is 29.8 Å². The summed E-state index contributed by atoms with van der Waals surface area (Å²) in [5.41, 5.74) is 2.59. The first-order valence-electron chi connectivity index (χ1n) is 8.25. The molecule has 24 heavy (non-hydrogen) atoms. The zero-order valence-electron chi connectivity index (χ0n) is 14.7. The van der Waals surface area contributed by atoms with Gasteiger partial charge < -0.3 is 15.3 Å². The maximum Gasteiger partial charge on any atom is 0.322 e. The van der Waals surface area contributed by atoms with Gasteiger partial charge in [0.25, 0.3) is 0 Å². The second-order valence-electron chi connectivity index (χ2n) is 6.20. The molecule has 2 aromatic rings. The molecule has 0 radical (unpaired) electrons. The van der Waals surface area contributed by atoms with Crippen molar-refractivity contribution >= 4 is 11.7 Å². The number of benzene rings is 1. The van der Waals surface area contributed by atoms with Gasteiger partial charge in [0.1, 0.15) is 0 Å². The van der Waals surface area contributed by atoms with E-state index in [0.717, 1.165) is 11.1 Å². The highest BCUT2D eigenvalue weighted by atomic mass is 16.3. The molecule has 0 spiro atoms. The molecule has 0 saturated carbocycles. The Morgan fingerprint density at radius 2 is 2.00 bits per heavy atom. The molecule has 0 fully saturated rings. The molecule has 0 aliphatic rings. The Morgan fingerprint density at radius 3 is 2.54 bits per heavy atom. The van der Waals surface area contributed by atoms with E-state index in [0.29, 0.717) is 12.2 Å². The zero-order valence-corrected chi connectivity index (χ0v) is 14.7. The number of carbonyl (C=O) groups excluding carboxylic acids is 1. The van der Waals surface area contributed by atoms with Crippen molar-refractivity contribution in [3.63, 3.8) is 0 Å². The Morgan fingerprint density at radius 1 is 1.33 bits per heavy atom. The van der Waals surface area contributed by atoms with Crippen LogP contribution in [0.3, 0.4) is 0 Å². The molecule has 2 N–H and O–H groups in total. The fourth-order valence-electron chi connectivity index (χ4n) is 2.35. The monoisotopic (exact) mass is 330 g/mol. The first-order chi connectivity index (χ1) is 11.4. The van der Waals surface area contributed by atoms with Crippen LogP contribution in [0.25, 0.3) is 0 Å². The molecule has 0 aliphatic carbocycles. The van der Waals surface area contributed by atoms with Crippen LogP contribution in [0.15, 0.2) is 36.7 Å². The predicted octanol–water partition coefficient (Wildman–Crippen LogP) is 3.36. The van der Waals surface area contributed by atoms with Crippen molar-refractivity contribution in [2.24, 2.45) is 0 Å². The van der Waals surface area contributed by atoms with Gasteiger partial charge >= 0.3 is 6.03 Å². The van der Waals surface area contributed by atoms with Gasteiger partial charge in [-0.3, -0.25) is 4.68 Å². The second-order valence-corrected chi connectivity index (χ2v) is 6.20. The average Bonchev–Trinajstić information content (AvgIpc) is 3.01. The lowest BCUT2D eigenvalue weighted by Gasteiger charge is -2.24. The van der Waals surface area contributed by atoms with Gasteiger partial charge in [0.2, 0.25) is 0 Å². The lowest BCUT2D eigenvalue weighted by atomic mass is 10.1. The van der Waals surface area contributed by atoms with Crippen LogP contribution >= 0.6 is 0 Å². The van der Waals surface area contributed by atoms with Gasteiger partial charge in [-0.15, -0.1) is 0 Å². The van der Waals surface area contributed by atoms with Gasteiger partial charge in [-0.05, 0) is 33.3 Å². The molecule has 0 bridgehead atoms. The summed E-state index contributed by atoms with van der Waals surface area (Å²) < 4.78 is 1.78. The largest absolute Gasteiger partial charge is 0.387 e. The van der Waals surface area contributed by atoms with Gasteiger partial charge in [-0.25, -0.2) is 4.79 Å². The third-order valence-corrected chi connectivity index (χ3v) is 3.91. The lowest BCUT2D eigenvalue weighted by molar-refractivity contribution is 0.128. The lowest BCUT2D eigenvalue weighted by Crippen LogP contribution is -2.37. The van der Waals surface area contributed by atoms with Crippen molar-refractivity contribution in [3.05, 3.63) is 47.8 Å². The minimum absolute atomic E-state index is 0.237. The summed E-state index contributed by atoms with van der Waals surface area (Å²) in [4.78, 5) is 14.0. The molecule has 2 amide bonds. The Kier molecular flexibility index (Phi) is 5.98. The van der Waals surface area contributed by atoms with Crippen LogP contribution in [0.5, 0.6) is 0 Å². The molecule has 1 aromatic carbocycles. The SMILES string of the molecule is CCN(CC(O)c1ccc(C)cc1)C(=O)Nc1cnn(C(C)C)c1. The summed E-state index contributed by atoms with van der Waals surface area (Å²) in [7, 11) is 0. The maximum atomic E-state index is 12.4. The Labute approximate surface area is 143 Å². The summed E-state index contributed by atoms with van der Waals surface area (Å²) in [6.45, 7) is 8.68. The molecule has 1 atom stereocenters. The Hall–Kier alpha value is -2.34. The van der Waals surface area contributed by atoms with Gasteiger partial charge in [0, 0.05) is 18.8 Å². The van der Waals surface area contributed by atoms with E-state index in [4.69, 9.17) is 0 Å². The number of aliphatic hydroxyl groups excluding tert-OH is 1. The van der Waals surface area contributed by atoms with Crippen LogP contribution in [0.4, 0.5) is 10.5 Å². The molecule has 2 rings (SSSR count). The summed E-state index contributed by atoms with van der Waals surface area (Å²) >= 11 is 0. The van der Waals surface area contributed by atoms with E-state index in [2.05, 4.69) is 10.4 Å². The third-order valence-electron chi connectivity index (χ3n) is 3.91. The molecule has 6 nitrogen and oxygen atoms in total. The van der Waals surface area contributed by atoms with E-state index in [9.17, 15) is 9.90 Å². The number of nitrogens with one attached hydrogen (secondary N) is 1. The van der Waals surface area contributed by atoms with Crippen LogP contribution < -0.4 is 5.32 Å². The summed E-state index contributed by atoms with van der Waals surface area (Å²) in [6.07, 6.45) is 2.71. The van der Waals surface area contributed by atoms with E-state index in [1.807, 2.05) is 52.0 Å². The molecule has 1 unspecified atom stereocenters. The fourth-order valence-corrected chi connectivity index (χ4v) is 2.35. The van der Waals surface area contributed by atoms with Gasteiger partial charge in [0.15, 0.2) is 0 Å². The topological polar surface area (TPSA) is 70.4 Å². The molecule has 130 valence electrons. The summed E-state index contributed by atoms with van der Waals surface area (Å²) in [5.74, 6) is 0. The van der Waals surface area contributed by atoms with Crippen molar-refractivity contribution < 1.29 is 9.90 Å². The van der Waals surface area contributed by atoms with Gasteiger partial charge in [-0.2, -0.15) is 5.10 Å². The average molecular weight is 330 g/mol. The van der Waals surface area contributed by atoms with Crippen molar-refractivity contribution in [2.45, 2.75) is 39.8 Å². The number of aromatic nitrogens is 2. The molecule has 0 saturated heterocycles. The molecule has 6 heteroatoms. The molecule has 0 aliphatic heterocycles. The minimum Gasteiger partial charge on any atom is -0.387 e. The number of hydrogen-bond acceptors (Lipinski definition) is 3. The van der Waals surface area contributed by atoms with E-state index in [-0.39, 0.29) is 18.6 Å². The fraction of sp³-hybridized carbons (Fsp3) is 0.444. The standard InChI is InChI=1S/C18H26N4O2/c1-5-21(12-17(23)15-8-6-14(4)7-9-15)18(24)20-16-10-19-22(11-16)13(2)3/h6-11,13,17,23H,5,12H2,1-4H3,(H,20,24). The van der Waals surface area contributed by atoms with Crippen LogP contribution in [-0.2, 0) is 0 Å². The maximum absolute atomic E-state index is 12.4. The van der Waals surface area contributed by atoms with E-state index < -0.39 is 6.10 Å². The Balaban J connectivity index is 1.98. The van der Waals surface area contributed by atoms with E-state index in [1.165, 1.54) is 0 Å². The normalized spacial score (nSPS) is 12.2. The number of anilines is 1. The molecular formula is C18H26N4O2. The summed E-state index contributed by atoms with van der Waals surface area (Å²) in [5, 5.41) is 17.4. The third kappa shape index (κ3) is 4.58. The predicted molar refractivity (Wildman–Crippen MR) is 95.0 cm³/mol. The number of nitrogens with zero attached hydrogens (tertiary/aromatic N) is 3. The number of likely N-dealkylation sites (N-methyl/N-ethyl adjacent to an activating group) is 1. The number of aryl methyl sites for hydroxylation is 1. The number of amides is 2. The van der Waals surface area contributed by atoms with Crippen molar-refractivity contribution in [1.82, 2.24) is 14.7 Å². The molecule has 1 aromatic heterocycles. The first kappa shape index (κ1) is 18.0. The van der Waals surface area contributed by atoms with Crippen LogP contribution in [0.1, 0.15) is 44.0 Å². The molecular weight excluding hydrogens is 304 g/mol. The van der Waals surface area contributed by atoms with Crippen molar-refractivity contribution in [2.75, 3.05) is 18.4 Å². The summed E-state index contributed by atoms with van der Waals surface area (Å²) in [6, 6.07) is 7.68. The van der Waals surface area contributed by atoms with E-state index >= 15 is 0 Å². The van der Waals surface area contributed by atoms with Crippen LogP contribution in [-0.4, -0.2) is 38.9 Å². The highest BCUT2D eigenvalue weighted by Gasteiger charge is 2.18. The van der Waals surface area contributed by atoms with Crippen LogP contribution in [0.2, 0.25) is 0 Å². The highest BCUT2D eigenvalue weighted by Crippen LogP contribution is 2.16. The number of carbonyl (C=O) groups is 1.